The predicted octanol–water partition coefficient (Wildman–Crippen LogP) is 5.04. The fraction of sp³-hybridized carbons (Fsp3) is 0.871. The molecular weight excluding hydrogens is 484 g/mol. The first-order valence-corrected chi connectivity index (χ1v) is 14.7. The lowest BCUT2D eigenvalue weighted by Crippen LogP contribution is -2.67. The van der Waals surface area contributed by atoms with Crippen LogP contribution in [0.4, 0.5) is 0 Å². The van der Waals surface area contributed by atoms with Crippen LogP contribution in [0.2, 0.25) is 0 Å². The normalized spacial score (nSPS) is 46.8. The van der Waals surface area contributed by atoms with E-state index in [2.05, 4.69) is 40.7 Å². The van der Waals surface area contributed by atoms with Crippen LogP contribution in [-0.4, -0.2) is 54.4 Å². The lowest BCUT2D eigenvalue weighted by Gasteiger charge is -2.63. The van der Waals surface area contributed by atoms with Gasteiger partial charge in [-0.05, 0) is 54.8 Å². The molecule has 7 heteroatoms. The molecule has 1 aliphatic heterocycles. The lowest BCUT2D eigenvalue weighted by atomic mass is 9.44. The Hall–Kier alpha value is -1.44. The summed E-state index contributed by atoms with van der Waals surface area (Å²) in [7, 11) is 0. The number of rotatable bonds is 4. The van der Waals surface area contributed by atoms with Crippen LogP contribution in [0.1, 0.15) is 87.0 Å². The highest BCUT2D eigenvalue weighted by Gasteiger charge is 2.67. The molecule has 0 amide bonds. The molecule has 38 heavy (non-hydrogen) atoms. The maximum absolute atomic E-state index is 12.2. The smallest absolute Gasteiger partial charge is 0.302 e. The maximum Gasteiger partial charge on any atom is 0.302 e. The molecule has 0 bridgehead atoms. The first-order valence-electron chi connectivity index (χ1n) is 14.7. The van der Waals surface area contributed by atoms with Gasteiger partial charge in [0.15, 0.2) is 6.29 Å². The maximum atomic E-state index is 12.2. The molecule has 0 radical (unpaired) electrons. The number of fused-ring (bicyclic) bond motifs is 5. The summed E-state index contributed by atoms with van der Waals surface area (Å²) in [6.45, 7) is 15.5. The van der Waals surface area contributed by atoms with E-state index in [1.165, 1.54) is 13.8 Å². The molecule has 1 saturated heterocycles. The molecule has 1 N–H and O–H groups in total. The highest BCUT2D eigenvalue weighted by Crippen LogP contribution is 2.68. The Morgan fingerprint density at radius 2 is 1.63 bits per heavy atom. The molecule has 1 unspecified atom stereocenters. The van der Waals surface area contributed by atoms with Crippen molar-refractivity contribution in [1.82, 2.24) is 0 Å². The molecule has 214 valence electrons. The van der Waals surface area contributed by atoms with Crippen molar-refractivity contribution in [3.8, 4) is 0 Å². The molecular formula is C31H48O7. The number of hydrogen-bond acceptors (Lipinski definition) is 7. The van der Waals surface area contributed by atoms with Crippen molar-refractivity contribution in [3.05, 3.63) is 12.2 Å². The fourth-order valence-electron chi connectivity index (χ4n) is 9.45. The molecule has 0 aromatic rings. The summed E-state index contributed by atoms with van der Waals surface area (Å²) in [4.78, 5) is 24.0. The molecule has 3 saturated carbocycles. The van der Waals surface area contributed by atoms with Crippen molar-refractivity contribution >= 4 is 11.9 Å². The summed E-state index contributed by atoms with van der Waals surface area (Å²) in [5.41, 5.74) is -1.64. The van der Waals surface area contributed by atoms with Gasteiger partial charge in [0.2, 0.25) is 0 Å². The standard InChI is InChI=1S/C31H48O7/c1-18(27-35-16-28(4,5)17-36-27)23-8-9-24-22-10-13-31(34)15-21(37-19(2)32)14-26(38-20(3)33)30(31,7)25(22)11-12-29(23,24)6/h10,13,18,21-27,34H,8-9,11-12,14-17H2,1-7H3/t18?,21-,22-,23+,24-,25-,26-,29+,30-,31+/m0/s1. The molecule has 10 atom stereocenters. The van der Waals surface area contributed by atoms with E-state index in [4.69, 9.17) is 18.9 Å². The van der Waals surface area contributed by atoms with Crippen molar-refractivity contribution in [2.75, 3.05) is 13.2 Å². The Labute approximate surface area is 228 Å². The van der Waals surface area contributed by atoms with Crippen LogP contribution < -0.4 is 0 Å². The summed E-state index contributed by atoms with van der Waals surface area (Å²) < 4.78 is 23.9. The Bertz CT molecular complexity index is 965. The van der Waals surface area contributed by atoms with E-state index in [9.17, 15) is 14.7 Å². The third-order valence-electron chi connectivity index (χ3n) is 11.4. The van der Waals surface area contributed by atoms with E-state index >= 15 is 0 Å². The van der Waals surface area contributed by atoms with Crippen molar-refractivity contribution in [3.63, 3.8) is 0 Å². The minimum atomic E-state index is -1.21. The second kappa shape index (κ2) is 9.59. The number of esters is 2. The topological polar surface area (TPSA) is 91.3 Å². The number of ether oxygens (including phenoxy) is 4. The zero-order valence-corrected chi connectivity index (χ0v) is 24.3. The number of hydrogen-bond donors (Lipinski definition) is 1. The zero-order chi connectivity index (χ0) is 27.7. The van der Waals surface area contributed by atoms with Crippen molar-refractivity contribution < 1.29 is 33.6 Å². The summed E-state index contributed by atoms with van der Waals surface area (Å²) in [5, 5.41) is 12.1. The van der Waals surface area contributed by atoms with Gasteiger partial charge >= 0.3 is 11.9 Å². The van der Waals surface area contributed by atoms with Gasteiger partial charge in [0.1, 0.15) is 12.2 Å². The third-order valence-corrected chi connectivity index (χ3v) is 11.4. The van der Waals surface area contributed by atoms with E-state index in [1.54, 1.807) is 0 Å². The van der Waals surface area contributed by atoms with Crippen LogP contribution in [0.15, 0.2) is 12.2 Å². The quantitative estimate of drug-likeness (QED) is 0.400. The molecule has 0 spiro atoms. The second-order valence-electron chi connectivity index (χ2n) is 14.4. The van der Waals surface area contributed by atoms with Crippen molar-refractivity contribution in [2.24, 2.45) is 45.8 Å². The van der Waals surface area contributed by atoms with Gasteiger partial charge in [-0.2, -0.15) is 0 Å². The van der Waals surface area contributed by atoms with E-state index in [0.717, 1.165) is 38.9 Å². The Kier molecular flexibility index (Phi) is 7.09. The van der Waals surface area contributed by atoms with E-state index in [-0.39, 0.29) is 35.0 Å². The van der Waals surface area contributed by atoms with Gasteiger partial charge in [-0.15, -0.1) is 0 Å². The minimum absolute atomic E-state index is 0.0580. The number of carbonyl (C=O) groups excluding carboxylic acids is 2. The van der Waals surface area contributed by atoms with Crippen LogP contribution in [0, 0.1) is 45.8 Å². The zero-order valence-electron chi connectivity index (χ0n) is 24.3. The van der Waals surface area contributed by atoms with Gasteiger partial charge in [0, 0.05) is 43.4 Å². The van der Waals surface area contributed by atoms with Crippen LogP contribution in [0.25, 0.3) is 0 Å². The largest absolute Gasteiger partial charge is 0.462 e. The average Bonchev–Trinajstić information content (AvgIpc) is 3.16. The van der Waals surface area contributed by atoms with Crippen LogP contribution in [0.3, 0.4) is 0 Å². The Balaban J connectivity index is 1.42. The molecule has 1 heterocycles. The third kappa shape index (κ3) is 4.45. The monoisotopic (exact) mass is 532 g/mol. The molecule has 4 aliphatic carbocycles. The number of carbonyl (C=O) groups is 2. The Morgan fingerprint density at radius 1 is 0.974 bits per heavy atom. The summed E-state index contributed by atoms with van der Waals surface area (Å²) >= 11 is 0. The number of allylic oxidation sites excluding steroid dienone is 1. The molecule has 5 rings (SSSR count). The fourth-order valence-corrected chi connectivity index (χ4v) is 9.45. The van der Waals surface area contributed by atoms with Crippen LogP contribution in [0.5, 0.6) is 0 Å². The SMILES string of the molecule is CC(=O)O[C@H]1C[C@H](OC(C)=O)[C@]2(C)[C@H]3CC[C@]4(C)[C@@H](C(C)C5OCC(C)(C)CO5)CC[C@H]4[C@@H]3C=C[C@@]2(O)C1. The molecule has 0 aromatic carbocycles. The highest BCUT2D eigenvalue weighted by atomic mass is 16.7. The van der Waals surface area contributed by atoms with Crippen molar-refractivity contribution in [1.29, 1.82) is 0 Å². The van der Waals surface area contributed by atoms with E-state index in [1.807, 2.05) is 6.08 Å². The van der Waals surface area contributed by atoms with E-state index < -0.39 is 23.2 Å². The van der Waals surface area contributed by atoms with Crippen molar-refractivity contribution in [2.45, 2.75) is 111 Å². The van der Waals surface area contributed by atoms with Gasteiger partial charge in [0.05, 0.1) is 18.8 Å². The molecule has 7 nitrogen and oxygen atoms in total. The van der Waals surface area contributed by atoms with Gasteiger partial charge in [-0.25, -0.2) is 0 Å². The van der Waals surface area contributed by atoms with Gasteiger partial charge in [-0.3, -0.25) is 9.59 Å². The van der Waals surface area contributed by atoms with Gasteiger partial charge < -0.3 is 24.1 Å². The first-order chi connectivity index (χ1) is 17.7. The highest BCUT2D eigenvalue weighted by molar-refractivity contribution is 5.67. The lowest BCUT2D eigenvalue weighted by molar-refractivity contribution is -0.255. The van der Waals surface area contributed by atoms with Gasteiger partial charge in [0.25, 0.3) is 0 Å². The predicted molar refractivity (Wildman–Crippen MR) is 142 cm³/mol. The Morgan fingerprint density at radius 3 is 2.26 bits per heavy atom. The summed E-state index contributed by atoms with van der Waals surface area (Å²) in [5.74, 6) is 1.03. The number of aliphatic hydroxyl groups is 1. The summed E-state index contributed by atoms with van der Waals surface area (Å²) in [6.07, 6.45) is 8.10. The second-order valence-corrected chi connectivity index (χ2v) is 14.4. The van der Waals surface area contributed by atoms with Gasteiger partial charge in [-0.1, -0.05) is 46.8 Å². The van der Waals surface area contributed by atoms with Crippen LogP contribution in [-0.2, 0) is 28.5 Å². The summed E-state index contributed by atoms with van der Waals surface area (Å²) in [6, 6.07) is 0. The molecule has 5 aliphatic rings. The minimum Gasteiger partial charge on any atom is -0.462 e. The molecule has 0 aromatic heterocycles. The van der Waals surface area contributed by atoms with E-state index in [0.29, 0.717) is 36.5 Å². The van der Waals surface area contributed by atoms with Crippen LogP contribution >= 0.6 is 0 Å². The first kappa shape index (κ1) is 28.1. The molecule has 4 fully saturated rings. The average molecular weight is 533 g/mol.